The highest BCUT2D eigenvalue weighted by atomic mass is 16.5. The maximum Gasteiger partial charge on any atom is 0.224 e. The quantitative estimate of drug-likeness (QED) is 0.678. The summed E-state index contributed by atoms with van der Waals surface area (Å²) in [6.45, 7) is 2.50. The Kier molecular flexibility index (Phi) is 6.68. The molecule has 0 saturated heterocycles. The molecule has 1 aromatic heterocycles. The highest BCUT2D eigenvalue weighted by molar-refractivity contribution is 5.91. The first-order valence-electron chi connectivity index (χ1n) is 8.09. The Hall–Kier alpha value is -2.48. The number of hydrogen-bond acceptors (Lipinski definition) is 6. The highest BCUT2D eigenvalue weighted by Gasteiger charge is 2.12. The third kappa shape index (κ3) is 4.76. The van der Waals surface area contributed by atoms with Crippen molar-refractivity contribution in [2.45, 2.75) is 39.0 Å². The summed E-state index contributed by atoms with van der Waals surface area (Å²) in [4.78, 5) is 12.1. The minimum absolute atomic E-state index is 0.00713. The second-order valence-electron chi connectivity index (χ2n) is 5.53. The fourth-order valence-electron chi connectivity index (χ4n) is 2.39. The summed E-state index contributed by atoms with van der Waals surface area (Å²) in [7, 11) is 1.58. The van der Waals surface area contributed by atoms with Crippen molar-refractivity contribution < 1.29 is 9.53 Å². The number of rotatable bonds is 9. The molecule has 2 rings (SSSR count). The van der Waals surface area contributed by atoms with Crippen LogP contribution in [0, 0.1) is 6.92 Å². The van der Waals surface area contributed by atoms with E-state index in [9.17, 15) is 4.79 Å². The van der Waals surface area contributed by atoms with Gasteiger partial charge in [0, 0.05) is 12.1 Å². The number of nitrogens with zero attached hydrogens (tertiary/aromatic N) is 4. The number of carbonyl (C=O) groups excluding carboxylic acids is 1. The van der Waals surface area contributed by atoms with Crippen LogP contribution in [0.3, 0.4) is 0 Å². The molecule has 0 radical (unpaired) electrons. The number of methoxy groups -OCH3 is 1. The molecule has 130 valence electrons. The first-order valence-corrected chi connectivity index (χ1v) is 8.09. The van der Waals surface area contributed by atoms with Gasteiger partial charge in [-0.15, -0.1) is 5.10 Å². The molecule has 0 aliphatic rings. The molecule has 3 N–H and O–H groups in total. The number of aromatic nitrogens is 4. The maximum absolute atomic E-state index is 12.1. The Bertz CT molecular complexity index is 670. The van der Waals surface area contributed by atoms with Crippen LogP contribution in [0.2, 0.25) is 0 Å². The smallest absolute Gasteiger partial charge is 0.224 e. The standard InChI is InChI=1S/C16H24N6O2/c1-12-19-20-21-22(12)14-11-13(8-9-15(14)24-2)18-16(23)7-5-3-4-6-10-17/h8-9,11H,3-7,10,17H2,1-2H3,(H,18,23). The number of aryl methyl sites for hydroxylation is 1. The minimum Gasteiger partial charge on any atom is -0.494 e. The van der Waals surface area contributed by atoms with Crippen LogP contribution < -0.4 is 15.8 Å². The summed E-state index contributed by atoms with van der Waals surface area (Å²) in [5.74, 6) is 1.26. The summed E-state index contributed by atoms with van der Waals surface area (Å²) in [5.41, 5.74) is 6.82. The van der Waals surface area contributed by atoms with Gasteiger partial charge in [-0.25, -0.2) is 0 Å². The van der Waals surface area contributed by atoms with Crippen LogP contribution in [0.4, 0.5) is 5.69 Å². The molecule has 0 spiro atoms. The monoisotopic (exact) mass is 332 g/mol. The van der Waals surface area contributed by atoms with Crippen LogP contribution in [-0.2, 0) is 4.79 Å². The SMILES string of the molecule is COc1ccc(NC(=O)CCCCCCN)cc1-n1nnnc1C. The Morgan fingerprint density at radius 1 is 1.29 bits per heavy atom. The Labute approximate surface area is 141 Å². The topological polar surface area (TPSA) is 108 Å². The molecule has 1 aromatic carbocycles. The summed E-state index contributed by atoms with van der Waals surface area (Å²) in [6, 6.07) is 5.39. The molecule has 1 amide bonds. The fourth-order valence-corrected chi connectivity index (χ4v) is 2.39. The number of benzene rings is 1. The average molecular weight is 332 g/mol. The van der Waals surface area contributed by atoms with E-state index in [-0.39, 0.29) is 5.91 Å². The highest BCUT2D eigenvalue weighted by Crippen LogP contribution is 2.26. The lowest BCUT2D eigenvalue weighted by Gasteiger charge is -2.12. The second-order valence-corrected chi connectivity index (χ2v) is 5.53. The van der Waals surface area contributed by atoms with Gasteiger partial charge in [-0.2, -0.15) is 4.68 Å². The van der Waals surface area contributed by atoms with Crippen molar-refractivity contribution >= 4 is 11.6 Å². The molecule has 0 unspecified atom stereocenters. The lowest BCUT2D eigenvalue weighted by molar-refractivity contribution is -0.116. The molecule has 2 aromatic rings. The van der Waals surface area contributed by atoms with Crippen LogP contribution in [0.5, 0.6) is 5.75 Å². The number of carbonyl (C=O) groups is 1. The van der Waals surface area contributed by atoms with Crippen molar-refractivity contribution in [1.82, 2.24) is 20.2 Å². The van der Waals surface area contributed by atoms with Crippen molar-refractivity contribution in [3.8, 4) is 11.4 Å². The largest absolute Gasteiger partial charge is 0.494 e. The fraction of sp³-hybridized carbons (Fsp3) is 0.500. The summed E-state index contributed by atoms with van der Waals surface area (Å²) >= 11 is 0. The number of nitrogens with one attached hydrogen (secondary N) is 1. The minimum atomic E-state index is -0.00713. The number of tetrazole rings is 1. The van der Waals surface area contributed by atoms with Crippen molar-refractivity contribution in [2.75, 3.05) is 19.0 Å². The number of nitrogens with two attached hydrogens (primary N) is 1. The van der Waals surface area contributed by atoms with Gasteiger partial charge in [-0.1, -0.05) is 12.8 Å². The number of ether oxygens (including phenoxy) is 1. The predicted molar refractivity (Wildman–Crippen MR) is 91.2 cm³/mol. The molecule has 0 saturated carbocycles. The van der Waals surface area contributed by atoms with E-state index in [4.69, 9.17) is 10.5 Å². The molecule has 0 aliphatic carbocycles. The molecule has 0 atom stereocenters. The van der Waals surface area contributed by atoms with Crippen LogP contribution in [0.25, 0.3) is 5.69 Å². The molecule has 1 heterocycles. The second kappa shape index (κ2) is 8.97. The molecular formula is C16H24N6O2. The van der Waals surface area contributed by atoms with Gasteiger partial charge in [0.1, 0.15) is 11.4 Å². The van der Waals surface area contributed by atoms with Crippen molar-refractivity contribution in [2.24, 2.45) is 5.73 Å². The Balaban J connectivity index is 2.01. The predicted octanol–water partition coefficient (Wildman–Crippen LogP) is 1.83. The number of amides is 1. The van der Waals surface area contributed by atoms with Gasteiger partial charge in [-0.05, 0) is 54.9 Å². The van der Waals surface area contributed by atoms with Gasteiger partial charge < -0.3 is 15.8 Å². The van der Waals surface area contributed by atoms with Crippen LogP contribution >= 0.6 is 0 Å². The van der Waals surface area contributed by atoms with Crippen LogP contribution in [-0.4, -0.2) is 39.8 Å². The molecular weight excluding hydrogens is 308 g/mol. The van der Waals surface area contributed by atoms with Gasteiger partial charge in [0.25, 0.3) is 0 Å². The van der Waals surface area contributed by atoms with E-state index in [1.54, 1.807) is 36.9 Å². The molecule has 8 nitrogen and oxygen atoms in total. The van der Waals surface area contributed by atoms with Gasteiger partial charge in [-0.3, -0.25) is 4.79 Å². The Morgan fingerprint density at radius 3 is 2.75 bits per heavy atom. The first kappa shape index (κ1) is 17.9. The van der Waals surface area contributed by atoms with E-state index >= 15 is 0 Å². The van der Waals surface area contributed by atoms with Gasteiger partial charge >= 0.3 is 0 Å². The zero-order chi connectivity index (χ0) is 17.4. The van der Waals surface area contributed by atoms with E-state index in [0.29, 0.717) is 35.9 Å². The first-order chi connectivity index (χ1) is 11.7. The van der Waals surface area contributed by atoms with Gasteiger partial charge in [0.15, 0.2) is 5.82 Å². The summed E-state index contributed by atoms with van der Waals surface area (Å²) in [6.07, 6.45) is 4.45. The maximum atomic E-state index is 12.1. The summed E-state index contributed by atoms with van der Waals surface area (Å²) < 4.78 is 6.92. The van der Waals surface area contributed by atoms with Crippen molar-refractivity contribution in [3.05, 3.63) is 24.0 Å². The van der Waals surface area contributed by atoms with E-state index < -0.39 is 0 Å². The van der Waals surface area contributed by atoms with Crippen LogP contribution in [0.1, 0.15) is 37.9 Å². The molecule has 0 fully saturated rings. The van der Waals surface area contributed by atoms with Crippen molar-refractivity contribution in [1.29, 1.82) is 0 Å². The Morgan fingerprint density at radius 2 is 2.08 bits per heavy atom. The van der Waals surface area contributed by atoms with E-state index in [1.165, 1.54) is 0 Å². The normalized spacial score (nSPS) is 10.6. The zero-order valence-electron chi connectivity index (χ0n) is 14.2. The molecule has 24 heavy (non-hydrogen) atoms. The number of anilines is 1. The molecule has 8 heteroatoms. The van der Waals surface area contributed by atoms with E-state index in [0.717, 1.165) is 25.7 Å². The van der Waals surface area contributed by atoms with Gasteiger partial charge in [0.05, 0.1) is 7.11 Å². The van der Waals surface area contributed by atoms with Crippen LogP contribution in [0.15, 0.2) is 18.2 Å². The number of hydrogen-bond donors (Lipinski definition) is 2. The average Bonchev–Trinajstić information content (AvgIpc) is 3.00. The molecule has 0 aliphatic heterocycles. The number of unbranched alkanes of at least 4 members (excludes halogenated alkanes) is 3. The summed E-state index contributed by atoms with van der Waals surface area (Å²) in [5, 5.41) is 14.4. The van der Waals surface area contributed by atoms with Crippen molar-refractivity contribution in [3.63, 3.8) is 0 Å². The van der Waals surface area contributed by atoms with Gasteiger partial charge in [0.2, 0.25) is 5.91 Å². The van der Waals surface area contributed by atoms with E-state index in [1.807, 2.05) is 0 Å². The lowest BCUT2D eigenvalue weighted by Crippen LogP contribution is -2.12. The molecule has 0 bridgehead atoms. The third-order valence-electron chi connectivity index (χ3n) is 3.67. The lowest BCUT2D eigenvalue weighted by atomic mass is 10.1. The third-order valence-corrected chi connectivity index (χ3v) is 3.67. The van der Waals surface area contributed by atoms with E-state index in [2.05, 4.69) is 20.8 Å². The zero-order valence-corrected chi connectivity index (χ0v) is 14.2.